The number of aromatic nitrogens is 2. The summed E-state index contributed by atoms with van der Waals surface area (Å²) in [4.78, 5) is 18.9. The smallest absolute Gasteiger partial charge is 0.262 e. The molecule has 0 saturated carbocycles. The molecule has 1 fully saturated rings. The molecule has 0 amide bonds. The van der Waals surface area contributed by atoms with Crippen molar-refractivity contribution in [3.63, 3.8) is 0 Å². The van der Waals surface area contributed by atoms with E-state index in [4.69, 9.17) is 0 Å². The van der Waals surface area contributed by atoms with Crippen molar-refractivity contribution < 1.29 is 9.50 Å². The van der Waals surface area contributed by atoms with Gasteiger partial charge >= 0.3 is 0 Å². The molecule has 2 N–H and O–H groups in total. The second kappa shape index (κ2) is 5.28. The molecule has 104 valence electrons. The Hall–Kier alpha value is -1.82. The summed E-state index contributed by atoms with van der Waals surface area (Å²) in [6.45, 7) is 0. The maximum atomic E-state index is 13.2. The highest BCUT2D eigenvalue weighted by Crippen LogP contribution is 2.38. The minimum atomic E-state index is -0.461. The van der Waals surface area contributed by atoms with Crippen molar-refractivity contribution in [2.24, 2.45) is 0 Å². The maximum Gasteiger partial charge on any atom is 0.262 e. The Balaban J connectivity index is 2.07. The van der Waals surface area contributed by atoms with Crippen LogP contribution in [0, 0.1) is 5.82 Å². The van der Waals surface area contributed by atoms with Crippen molar-refractivity contribution in [3.8, 4) is 17.0 Å². The molecular weight excluding hydrogens is 279 g/mol. The van der Waals surface area contributed by atoms with Crippen LogP contribution in [0.25, 0.3) is 11.1 Å². The molecule has 1 unspecified atom stereocenters. The van der Waals surface area contributed by atoms with Crippen LogP contribution < -0.4 is 5.56 Å². The molecule has 1 aromatic carbocycles. The summed E-state index contributed by atoms with van der Waals surface area (Å²) in [5.74, 6) is 0.717. The van der Waals surface area contributed by atoms with Crippen LogP contribution in [0.2, 0.25) is 0 Å². The van der Waals surface area contributed by atoms with E-state index in [1.807, 2.05) is 0 Å². The van der Waals surface area contributed by atoms with Gasteiger partial charge in [0.15, 0.2) is 0 Å². The van der Waals surface area contributed by atoms with E-state index < -0.39 is 11.4 Å². The molecule has 1 aromatic heterocycles. The Bertz CT molecular complexity index is 696. The molecule has 2 aromatic rings. The molecule has 6 heteroatoms. The number of nitrogens with zero attached hydrogens (tertiary/aromatic N) is 1. The van der Waals surface area contributed by atoms with Crippen molar-refractivity contribution in [3.05, 3.63) is 46.3 Å². The van der Waals surface area contributed by atoms with Crippen LogP contribution in [0.5, 0.6) is 5.88 Å². The summed E-state index contributed by atoms with van der Waals surface area (Å²) in [6.07, 6.45) is 2.01. The largest absolute Gasteiger partial charge is 0.493 e. The lowest BCUT2D eigenvalue weighted by Gasteiger charge is -2.10. The van der Waals surface area contributed by atoms with Gasteiger partial charge in [-0.2, -0.15) is 16.7 Å². The summed E-state index contributed by atoms with van der Waals surface area (Å²) >= 11 is 1.71. The first-order valence-corrected chi connectivity index (χ1v) is 7.41. The minimum absolute atomic E-state index is 0.0104. The molecule has 0 spiro atoms. The summed E-state index contributed by atoms with van der Waals surface area (Å²) in [5.41, 5.74) is -0.108. The number of halogens is 1. The summed E-state index contributed by atoms with van der Waals surface area (Å²) in [5, 5.41) is 10.1. The van der Waals surface area contributed by atoms with E-state index in [-0.39, 0.29) is 16.7 Å². The summed E-state index contributed by atoms with van der Waals surface area (Å²) < 4.78 is 13.2. The van der Waals surface area contributed by atoms with Gasteiger partial charge in [-0.25, -0.2) is 4.39 Å². The molecular formula is C14H13FN2O2S. The Kier molecular flexibility index (Phi) is 3.48. The normalized spacial score (nSPS) is 18.4. The summed E-state index contributed by atoms with van der Waals surface area (Å²) in [6, 6.07) is 5.55. The fourth-order valence-electron chi connectivity index (χ4n) is 2.33. The molecule has 2 heterocycles. The SMILES string of the molecule is O=c1[nH]c(C2CCCS2)nc(O)c1-c1cccc(F)c1. The number of thioether (sulfide) groups is 1. The molecule has 0 radical (unpaired) electrons. The third-order valence-electron chi connectivity index (χ3n) is 3.27. The van der Waals surface area contributed by atoms with E-state index in [1.54, 1.807) is 17.8 Å². The third kappa shape index (κ3) is 2.43. The van der Waals surface area contributed by atoms with Gasteiger partial charge in [-0.15, -0.1) is 0 Å². The van der Waals surface area contributed by atoms with Gasteiger partial charge in [0, 0.05) is 0 Å². The first-order chi connectivity index (χ1) is 9.65. The molecule has 4 nitrogen and oxygen atoms in total. The zero-order valence-corrected chi connectivity index (χ0v) is 11.4. The molecule has 1 aliphatic rings. The number of aromatic amines is 1. The zero-order chi connectivity index (χ0) is 14.1. The van der Waals surface area contributed by atoms with E-state index in [0.29, 0.717) is 11.4 Å². The average molecular weight is 292 g/mol. The molecule has 1 aliphatic heterocycles. The van der Waals surface area contributed by atoms with E-state index in [9.17, 15) is 14.3 Å². The first kappa shape index (κ1) is 13.2. The van der Waals surface area contributed by atoms with Gasteiger partial charge in [0.1, 0.15) is 17.2 Å². The van der Waals surface area contributed by atoms with Gasteiger partial charge in [0.25, 0.3) is 5.56 Å². The predicted octanol–water partition coefficient (Wildman–Crippen LogP) is 2.85. The highest BCUT2D eigenvalue weighted by atomic mass is 32.2. The van der Waals surface area contributed by atoms with Gasteiger partial charge in [-0.1, -0.05) is 12.1 Å². The Morgan fingerprint density at radius 2 is 2.30 bits per heavy atom. The molecule has 0 bridgehead atoms. The van der Waals surface area contributed by atoms with Crippen molar-refractivity contribution in [2.75, 3.05) is 5.75 Å². The second-order valence-corrected chi connectivity index (χ2v) is 5.97. The van der Waals surface area contributed by atoms with Crippen LogP contribution in [0.4, 0.5) is 4.39 Å². The van der Waals surface area contributed by atoms with Gasteiger partial charge in [0.05, 0.1) is 5.25 Å². The van der Waals surface area contributed by atoms with Crippen molar-refractivity contribution in [1.29, 1.82) is 0 Å². The zero-order valence-electron chi connectivity index (χ0n) is 10.6. The van der Waals surface area contributed by atoms with E-state index in [1.165, 1.54) is 18.2 Å². The van der Waals surface area contributed by atoms with Gasteiger partial charge in [0.2, 0.25) is 5.88 Å². The van der Waals surface area contributed by atoms with E-state index in [0.717, 1.165) is 18.6 Å². The second-order valence-electron chi connectivity index (χ2n) is 4.66. The van der Waals surface area contributed by atoms with Gasteiger partial charge < -0.3 is 10.1 Å². The van der Waals surface area contributed by atoms with Crippen LogP contribution in [-0.4, -0.2) is 20.8 Å². The van der Waals surface area contributed by atoms with Gasteiger partial charge in [-0.3, -0.25) is 4.79 Å². The highest BCUT2D eigenvalue weighted by Gasteiger charge is 2.22. The maximum absolute atomic E-state index is 13.2. The summed E-state index contributed by atoms with van der Waals surface area (Å²) in [7, 11) is 0. The van der Waals surface area contributed by atoms with Crippen molar-refractivity contribution in [2.45, 2.75) is 18.1 Å². The van der Waals surface area contributed by atoms with Crippen molar-refractivity contribution >= 4 is 11.8 Å². The number of H-pyrrole nitrogens is 1. The molecule has 1 saturated heterocycles. The molecule has 0 aliphatic carbocycles. The van der Waals surface area contributed by atoms with Crippen molar-refractivity contribution in [1.82, 2.24) is 9.97 Å². The van der Waals surface area contributed by atoms with Crippen LogP contribution in [0.15, 0.2) is 29.1 Å². The Labute approximate surface area is 119 Å². The van der Waals surface area contributed by atoms with Crippen LogP contribution in [0.3, 0.4) is 0 Å². The number of aromatic hydroxyl groups is 1. The number of benzene rings is 1. The number of hydrogen-bond acceptors (Lipinski definition) is 4. The fourth-order valence-corrected chi connectivity index (χ4v) is 3.55. The number of hydrogen-bond donors (Lipinski definition) is 2. The predicted molar refractivity (Wildman–Crippen MR) is 76.3 cm³/mol. The minimum Gasteiger partial charge on any atom is -0.493 e. The fraction of sp³-hybridized carbons (Fsp3) is 0.286. The van der Waals surface area contributed by atoms with Crippen LogP contribution >= 0.6 is 11.8 Å². The Morgan fingerprint density at radius 1 is 1.45 bits per heavy atom. The average Bonchev–Trinajstić information content (AvgIpc) is 2.91. The molecule has 3 rings (SSSR count). The Morgan fingerprint density at radius 3 is 2.95 bits per heavy atom. The number of nitrogens with one attached hydrogen (secondary N) is 1. The quantitative estimate of drug-likeness (QED) is 0.893. The van der Waals surface area contributed by atoms with Crippen LogP contribution in [-0.2, 0) is 0 Å². The van der Waals surface area contributed by atoms with Gasteiger partial charge in [-0.05, 0) is 36.3 Å². The topological polar surface area (TPSA) is 66.0 Å². The lowest BCUT2D eigenvalue weighted by Crippen LogP contribution is -2.15. The first-order valence-electron chi connectivity index (χ1n) is 6.36. The van der Waals surface area contributed by atoms with Crippen LogP contribution in [0.1, 0.15) is 23.9 Å². The molecule has 1 atom stereocenters. The van der Waals surface area contributed by atoms with E-state index >= 15 is 0 Å². The third-order valence-corrected chi connectivity index (χ3v) is 4.65. The van der Waals surface area contributed by atoms with E-state index in [2.05, 4.69) is 9.97 Å². The lowest BCUT2D eigenvalue weighted by atomic mass is 10.1. The number of rotatable bonds is 2. The molecule has 20 heavy (non-hydrogen) atoms. The standard InChI is InChI=1S/C14H13FN2O2S/c15-9-4-1-3-8(7-9)11-13(18)16-12(17-14(11)19)10-5-2-6-20-10/h1,3-4,7,10H,2,5-6H2,(H2,16,17,18,19). The highest BCUT2D eigenvalue weighted by molar-refractivity contribution is 7.99. The lowest BCUT2D eigenvalue weighted by molar-refractivity contribution is 0.449. The monoisotopic (exact) mass is 292 g/mol.